The highest BCUT2D eigenvalue weighted by Crippen LogP contribution is 2.55. The average Bonchev–Trinajstić information content (AvgIpc) is 3.65. The summed E-state index contributed by atoms with van der Waals surface area (Å²) in [6.07, 6.45) is 7.05. The zero-order chi connectivity index (χ0) is 25.5. The number of aliphatic hydroxyl groups is 1. The van der Waals surface area contributed by atoms with Gasteiger partial charge in [-0.05, 0) is 55.5 Å². The van der Waals surface area contributed by atoms with E-state index in [1.165, 1.54) is 24.3 Å². The highest BCUT2D eigenvalue weighted by molar-refractivity contribution is 7.42. The van der Waals surface area contributed by atoms with Gasteiger partial charge in [0.1, 0.15) is 11.4 Å². The van der Waals surface area contributed by atoms with Crippen LogP contribution < -0.4 is 0 Å². The number of hydrogen-bond donors (Lipinski definition) is 3. The van der Waals surface area contributed by atoms with Crippen molar-refractivity contribution in [2.24, 2.45) is 0 Å². The van der Waals surface area contributed by atoms with Crippen LogP contribution in [0.15, 0.2) is 54.6 Å². The summed E-state index contributed by atoms with van der Waals surface area (Å²) in [4.78, 5) is 27.4. The fraction of sp³-hybridized carbons (Fsp3) is 0.259. The van der Waals surface area contributed by atoms with Crippen LogP contribution in [-0.2, 0) is 15.0 Å². The van der Waals surface area contributed by atoms with Gasteiger partial charge >= 0.3 is 5.97 Å². The lowest BCUT2D eigenvalue weighted by atomic mass is 9.75. The topological polar surface area (TPSA) is 108 Å². The lowest BCUT2D eigenvalue weighted by Gasteiger charge is -2.39. The minimum absolute atomic E-state index is 0.0801. The summed E-state index contributed by atoms with van der Waals surface area (Å²) in [5, 5.41) is 19.1. The molecule has 4 rings (SSSR count). The van der Waals surface area contributed by atoms with Gasteiger partial charge in [0.2, 0.25) is 13.2 Å². The molecule has 1 fully saturated rings. The maximum atomic E-state index is 13.8. The van der Waals surface area contributed by atoms with E-state index in [1.54, 1.807) is 6.92 Å². The molecular weight excluding hydrogens is 468 g/mol. The van der Waals surface area contributed by atoms with Crippen LogP contribution >= 0.6 is 8.03 Å². The third kappa shape index (κ3) is 3.98. The van der Waals surface area contributed by atoms with Gasteiger partial charge in [0.25, 0.3) is 0 Å². The number of rotatable bonds is 7. The SMILES string of the molecule is C#CC(C(=O)O)([PH](=O)O)C(C)(O)c1c(C2CC2)nc(-c2ccccc2)c(C)c1-c1ccc(F)cc1. The molecule has 0 spiro atoms. The molecule has 35 heavy (non-hydrogen) atoms. The van der Waals surface area contributed by atoms with Crippen molar-refractivity contribution in [1.29, 1.82) is 0 Å². The van der Waals surface area contributed by atoms with Crippen molar-refractivity contribution in [1.82, 2.24) is 4.98 Å². The average molecular weight is 493 g/mol. The summed E-state index contributed by atoms with van der Waals surface area (Å²) < 4.78 is 26.3. The number of aliphatic carboxylic acids is 1. The van der Waals surface area contributed by atoms with E-state index in [1.807, 2.05) is 36.3 Å². The van der Waals surface area contributed by atoms with Crippen molar-refractivity contribution < 1.29 is 28.9 Å². The summed E-state index contributed by atoms with van der Waals surface area (Å²) in [6, 6.07) is 14.9. The van der Waals surface area contributed by atoms with Crippen molar-refractivity contribution in [3.63, 3.8) is 0 Å². The largest absolute Gasteiger partial charge is 0.480 e. The predicted molar refractivity (Wildman–Crippen MR) is 132 cm³/mol. The van der Waals surface area contributed by atoms with Crippen LogP contribution in [0.4, 0.5) is 4.39 Å². The van der Waals surface area contributed by atoms with Gasteiger partial charge in [-0.1, -0.05) is 48.4 Å². The number of carboxylic acids is 1. The Hall–Kier alpha value is -3.30. The maximum absolute atomic E-state index is 13.8. The first-order valence-electron chi connectivity index (χ1n) is 11.1. The van der Waals surface area contributed by atoms with Crippen LogP contribution in [0.3, 0.4) is 0 Å². The van der Waals surface area contributed by atoms with Gasteiger partial charge < -0.3 is 15.1 Å². The Morgan fingerprint density at radius 1 is 1.14 bits per heavy atom. The van der Waals surface area contributed by atoms with Gasteiger partial charge in [-0.15, -0.1) is 6.42 Å². The number of hydrogen-bond acceptors (Lipinski definition) is 4. The van der Waals surface area contributed by atoms with Gasteiger partial charge in [-0.3, -0.25) is 9.55 Å². The van der Waals surface area contributed by atoms with Crippen LogP contribution in [0.5, 0.6) is 0 Å². The highest BCUT2D eigenvalue weighted by Gasteiger charge is 2.60. The fourth-order valence-corrected chi connectivity index (χ4v) is 5.50. The van der Waals surface area contributed by atoms with Crippen LogP contribution in [0.2, 0.25) is 0 Å². The van der Waals surface area contributed by atoms with Gasteiger partial charge in [0.15, 0.2) is 0 Å². The third-order valence-corrected chi connectivity index (χ3v) is 8.17. The summed E-state index contributed by atoms with van der Waals surface area (Å²) >= 11 is 0. The molecule has 3 unspecified atom stereocenters. The highest BCUT2D eigenvalue weighted by atomic mass is 31.1. The molecule has 3 aromatic rings. The molecule has 6 nitrogen and oxygen atoms in total. The minimum Gasteiger partial charge on any atom is -0.480 e. The Labute approximate surface area is 203 Å². The second-order valence-corrected chi connectivity index (χ2v) is 10.3. The predicted octanol–water partition coefficient (Wildman–Crippen LogP) is 4.87. The maximum Gasteiger partial charge on any atom is 0.335 e. The van der Waals surface area contributed by atoms with E-state index >= 15 is 0 Å². The van der Waals surface area contributed by atoms with Gasteiger partial charge in [0.05, 0.1) is 11.4 Å². The van der Waals surface area contributed by atoms with E-state index in [-0.39, 0.29) is 11.5 Å². The number of carboxylic acid groups (broad SMARTS) is 1. The second-order valence-electron chi connectivity index (χ2n) is 8.94. The lowest BCUT2D eigenvalue weighted by molar-refractivity contribution is -0.145. The number of nitrogens with zero attached hydrogens (tertiary/aromatic N) is 1. The molecule has 1 heterocycles. The molecular formula is C27H25FNO5P. The first-order valence-corrected chi connectivity index (χ1v) is 12.4. The molecule has 3 N–H and O–H groups in total. The number of benzene rings is 2. The van der Waals surface area contributed by atoms with Crippen LogP contribution in [0.25, 0.3) is 22.4 Å². The van der Waals surface area contributed by atoms with E-state index in [9.17, 15) is 28.9 Å². The van der Waals surface area contributed by atoms with Crippen molar-refractivity contribution in [3.05, 3.63) is 77.2 Å². The van der Waals surface area contributed by atoms with E-state index in [2.05, 4.69) is 0 Å². The summed E-state index contributed by atoms with van der Waals surface area (Å²) in [6.45, 7) is 2.92. The smallest absolute Gasteiger partial charge is 0.335 e. The van der Waals surface area contributed by atoms with Crippen LogP contribution in [-0.4, -0.2) is 31.2 Å². The molecule has 0 saturated heterocycles. The molecule has 1 saturated carbocycles. The Morgan fingerprint density at radius 3 is 2.23 bits per heavy atom. The fourth-order valence-electron chi connectivity index (χ4n) is 4.65. The Balaban J connectivity index is 2.17. The Kier molecular flexibility index (Phi) is 6.42. The van der Waals surface area contributed by atoms with Gasteiger partial charge in [-0.2, -0.15) is 0 Å². The standard InChI is InChI=1S/C27H25FNO5P/c1-4-27(25(30)31,35(33)34)26(3,32)22-21(17-12-14-20(28)15-13-17)16(2)23(18-8-6-5-7-9-18)29-24(22)19-10-11-19/h1,5-9,12-15,19,32,35H,10-11H2,2-3H3,(H,30,31)(H,33,34). The Morgan fingerprint density at radius 2 is 1.74 bits per heavy atom. The van der Waals surface area contributed by atoms with Crippen molar-refractivity contribution in [3.8, 4) is 34.7 Å². The monoisotopic (exact) mass is 493 g/mol. The van der Waals surface area contributed by atoms with Crippen LogP contribution in [0, 0.1) is 25.1 Å². The number of carbonyl (C=O) groups is 1. The minimum atomic E-state index is -4.01. The normalized spacial score (nSPS) is 17.6. The van der Waals surface area contributed by atoms with Crippen molar-refractivity contribution in [2.75, 3.05) is 0 Å². The molecule has 0 radical (unpaired) electrons. The molecule has 1 aromatic heterocycles. The first-order chi connectivity index (χ1) is 16.6. The molecule has 1 aliphatic rings. The summed E-state index contributed by atoms with van der Waals surface area (Å²) in [5.41, 5.74) is 0.941. The number of pyridine rings is 1. The zero-order valence-corrected chi connectivity index (χ0v) is 20.2. The molecule has 0 bridgehead atoms. The quantitative estimate of drug-likeness (QED) is 0.320. The van der Waals surface area contributed by atoms with Crippen LogP contribution in [0.1, 0.15) is 42.5 Å². The molecule has 0 aliphatic heterocycles. The first kappa shape index (κ1) is 24.8. The number of aromatic nitrogens is 1. The van der Waals surface area contributed by atoms with E-state index in [0.717, 1.165) is 25.3 Å². The van der Waals surface area contributed by atoms with E-state index in [4.69, 9.17) is 11.4 Å². The third-order valence-electron chi connectivity index (χ3n) is 6.69. The summed E-state index contributed by atoms with van der Waals surface area (Å²) in [7, 11) is -4.01. The molecule has 3 atom stereocenters. The van der Waals surface area contributed by atoms with E-state index in [0.29, 0.717) is 28.1 Å². The van der Waals surface area contributed by atoms with Gasteiger partial charge in [-0.25, -0.2) is 9.18 Å². The van der Waals surface area contributed by atoms with Crippen molar-refractivity contribution in [2.45, 2.75) is 43.4 Å². The van der Waals surface area contributed by atoms with E-state index < -0.39 is 30.6 Å². The number of halogens is 1. The second kappa shape index (κ2) is 9.05. The summed E-state index contributed by atoms with van der Waals surface area (Å²) in [5.74, 6) is -0.408. The Bertz CT molecular complexity index is 1350. The van der Waals surface area contributed by atoms with Gasteiger partial charge in [0, 0.05) is 17.0 Å². The zero-order valence-electron chi connectivity index (χ0n) is 19.2. The molecule has 180 valence electrons. The lowest BCUT2D eigenvalue weighted by Crippen LogP contribution is -2.53. The number of terminal acetylenes is 1. The van der Waals surface area contributed by atoms with Crippen molar-refractivity contribution >= 4 is 14.0 Å². The molecule has 0 amide bonds. The molecule has 8 heteroatoms. The molecule has 2 aromatic carbocycles. The molecule has 1 aliphatic carbocycles.